The largest absolute Gasteiger partial charge is 0.368 e. The quantitative estimate of drug-likeness (QED) is 0.898. The standard InChI is InChI=1S/C13H13F3N2O2/c14-8-2-1-7(10(16)4-8)3-12(19)18-6-9(15)5-11(18)13(17)20/h1-2,4,9,11H,3,5-6H2,(H2,17,20)/t9-,11+/m1/s1. The van der Waals surface area contributed by atoms with Crippen LogP contribution in [0.15, 0.2) is 18.2 Å². The molecule has 0 bridgehead atoms. The van der Waals surface area contributed by atoms with Gasteiger partial charge in [-0.15, -0.1) is 0 Å². The Labute approximate surface area is 113 Å². The van der Waals surface area contributed by atoms with Crippen LogP contribution >= 0.6 is 0 Å². The number of nitrogens with zero attached hydrogens (tertiary/aromatic N) is 1. The first-order valence-corrected chi connectivity index (χ1v) is 6.05. The number of benzene rings is 1. The molecule has 2 N–H and O–H groups in total. The average Bonchev–Trinajstić information content (AvgIpc) is 2.75. The molecule has 2 rings (SSSR count). The Morgan fingerprint density at radius 1 is 1.35 bits per heavy atom. The zero-order valence-corrected chi connectivity index (χ0v) is 10.5. The van der Waals surface area contributed by atoms with Gasteiger partial charge in [0.2, 0.25) is 11.8 Å². The van der Waals surface area contributed by atoms with Crippen LogP contribution in [0.25, 0.3) is 0 Å². The van der Waals surface area contributed by atoms with E-state index in [9.17, 15) is 22.8 Å². The number of alkyl halides is 1. The molecule has 0 radical (unpaired) electrons. The molecule has 4 nitrogen and oxygen atoms in total. The van der Waals surface area contributed by atoms with E-state index in [0.717, 1.165) is 17.0 Å². The van der Waals surface area contributed by atoms with Crippen molar-refractivity contribution < 1.29 is 22.8 Å². The smallest absolute Gasteiger partial charge is 0.240 e. The van der Waals surface area contributed by atoms with Crippen molar-refractivity contribution in [2.75, 3.05) is 6.54 Å². The number of hydrogen-bond acceptors (Lipinski definition) is 2. The van der Waals surface area contributed by atoms with Crippen molar-refractivity contribution in [3.8, 4) is 0 Å². The lowest BCUT2D eigenvalue weighted by molar-refractivity contribution is -0.136. The summed E-state index contributed by atoms with van der Waals surface area (Å²) < 4.78 is 39.5. The maximum Gasteiger partial charge on any atom is 0.240 e. The van der Waals surface area contributed by atoms with Gasteiger partial charge in [-0.1, -0.05) is 6.07 Å². The van der Waals surface area contributed by atoms with E-state index in [1.807, 2.05) is 0 Å². The van der Waals surface area contributed by atoms with E-state index in [4.69, 9.17) is 5.73 Å². The number of hydrogen-bond donors (Lipinski definition) is 1. The third-order valence-corrected chi connectivity index (χ3v) is 3.26. The molecule has 108 valence electrons. The van der Waals surface area contributed by atoms with Crippen LogP contribution in [-0.4, -0.2) is 35.5 Å². The minimum Gasteiger partial charge on any atom is -0.368 e. The number of nitrogens with two attached hydrogens (primary N) is 1. The van der Waals surface area contributed by atoms with Gasteiger partial charge in [0.05, 0.1) is 13.0 Å². The lowest BCUT2D eigenvalue weighted by atomic mass is 10.1. The van der Waals surface area contributed by atoms with Gasteiger partial charge >= 0.3 is 0 Å². The summed E-state index contributed by atoms with van der Waals surface area (Å²) in [5.74, 6) is -3.01. The molecule has 0 spiro atoms. The maximum atomic E-state index is 13.5. The molecule has 1 aliphatic heterocycles. The SMILES string of the molecule is NC(=O)[C@@H]1C[C@@H](F)CN1C(=O)Cc1ccc(F)cc1F. The van der Waals surface area contributed by atoms with Gasteiger partial charge in [-0.25, -0.2) is 13.2 Å². The molecule has 0 saturated carbocycles. The Bertz CT molecular complexity index is 550. The van der Waals surface area contributed by atoms with Crippen LogP contribution in [0.1, 0.15) is 12.0 Å². The minimum absolute atomic E-state index is 0.0121. The number of primary amides is 1. The summed E-state index contributed by atoms with van der Waals surface area (Å²) in [4.78, 5) is 24.2. The van der Waals surface area contributed by atoms with Gasteiger partial charge in [-0.3, -0.25) is 9.59 Å². The second-order valence-electron chi connectivity index (χ2n) is 4.71. The van der Waals surface area contributed by atoms with Crippen LogP contribution in [0.2, 0.25) is 0 Å². The highest BCUT2D eigenvalue weighted by atomic mass is 19.1. The zero-order valence-electron chi connectivity index (χ0n) is 10.5. The fourth-order valence-corrected chi connectivity index (χ4v) is 2.26. The van der Waals surface area contributed by atoms with E-state index in [1.54, 1.807) is 0 Å². The second kappa shape index (κ2) is 5.52. The first-order valence-electron chi connectivity index (χ1n) is 6.05. The van der Waals surface area contributed by atoms with Crippen LogP contribution < -0.4 is 5.73 Å². The van der Waals surface area contributed by atoms with Crippen molar-refractivity contribution in [2.45, 2.75) is 25.1 Å². The number of amides is 2. The highest BCUT2D eigenvalue weighted by molar-refractivity contribution is 5.88. The van der Waals surface area contributed by atoms with Crippen molar-refractivity contribution in [2.24, 2.45) is 5.73 Å². The predicted octanol–water partition coefficient (Wildman–Crippen LogP) is 0.932. The van der Waals surface area contributed by atoms with E-state index in [0.29, 0.717) is 6.07 Å². The van der Waals surface area contributed by atoms with Crippen molar-refractivity contribution in [1.29, 1.82) is 0 Å². The Morgan fingerprint density at radius 3 is 2.65 bits per heavy atom. The third kappa shape index (κ3) is 2.92. The summed E-state index contributed by atoms with van der Waals surface area (Å²) in [6.07, 6.45) is -1.84. The van der Waals surface area contributed by atoms with E-state index in [-0.39, 0.29) is 24.9 Å². The molecule has 1 fully saturated rings. The zero-order chi connectivity index (χ0) is 14.9. The molecule has 1 aliphatic rings. The van der Waals surface area contributed by atoms with Crippen LogP contribution in [0.4, 0.5) is 13.2 Å². The summed E-state index contributed by atoms with van der Waals surface area (Å²) in [7, 11) is 0. The summed E-state index contributed by atoms with van der Waals surface area (Å²) in [5, 5.41) is 0. The summed E-state index contributed by atoms with van der Waals surface area (Å²) in [5.41, 5.74) is 5.10. The van der Waals surface area contributed by atoms with E-state index in [2.05, 4.69) is 0 Å². The van der Waals surface area contributed by atoms with Crippen LogP contribution in [-0.2, 0) is 16.0 Å². The minimum atomic E-state index is -1.32. The summed E-state index contributed by atoms with van der Waals surface area (Å²) in [6.45, 7) is -0.241. The highest BCUT2D eigenvalue weighted by Gasteiger charge is 2.38. The van der Waals surface area contributed by atoms with Gasteiger partial charge in [0.15, 0.2) is 0 Å². The molecule has 20 heavy (non-hydrogen) atoms. The Morgan fingerprint density at radius 2 is 2.05 bits per heavy atom. The van der Waals surface area contributed by atoms with Crippen molar-refractivity contribution >= 4 is 11.8 Å². The molecule has 1 aromatic carbocycles. The molecule has 0 unspecified atom stereocenters. The normalized spacial score (nSPS) is 22.1. The van der Waals surface area contributed by atoms with Gasteiger partial charge in [0.25, 0.3) is 0 Å². The number of carbonyl (C=O) groups is 2. The molecule has 0 aromatic heterocycles. The number of carbonyl (C=O) groups excluding carboxylic acids is 2. The fraction of sp³-hybridized carbons (Fsp3) is 0.385. The molecular weight excluding hydrogens is 273 g/mol. The predicted molar refractivity (Wildman–Crippen MR) is 64.3 cm³/mol. The van der Waals surface area contributed by atoms with Gasteiger partial charge in [0, 0.05) is 12.5 Å². The lowest BCUT2D eigenvalue weighted by Crippen LogP contribution is -2.44. The van der Waals surface area contributed by atoms with Crippen molar-refractivity contribution in [3.05, 3.63) is 35.4 Å². The van der Waals surface area contributed by atoms with Crippen molar-refractivity contribution in [1.82, 2.24) is 4.90 Å². The van der Waals surface area contributed by atoms with E-state index >= 15 is 0 Å². The van der Waals surface area contributed by atoms with Gasteiger partial charge in [-0.05, 0) is 11.6 Å². The molecule has 1 heterocycles. The fourth-order valence-electron chi connectivity index (χ4n) is 2.26. The Kier molecular flexibility index (Phi) is 3.96. The number of rotatable bonds is 3. The van der Waals surface area contributed by atoms with Crippen LogP contribution in [0.5, 0.6) is 0 Å². The summed E-state index contributed by atoms with van der Waals surface area (Å²) >= 11 is 0. The van der Waals surface area contributed by atoms with Gasteiger partial charge in [-0.2, -0.15) is 0 Å². The monoisotopic (exact) mass is 286 g/mol. The molecule has 1 aromatic rings. The highest BCUT2D eigenvalue weighted by Crippen LogP contribution is 2.22. The second-order valence-corrected chi connectivity index (χ2v) is 4.71. The van der Waals surface area contributed by atoms with Crippen LogP contribution in [0, 0.1) is 11.6 Å². The van der Waals surface area contributed by atoms with E-state index < -0.39 is 35.7 Å². The summed E-state index contributed by atoms with van der Waals surface area (Å²) in [6, 6.07) is 1.82. The first-order chi connectivity index (χ1) is 9.38. The molecule has 2 atom stereocenters. The number of halogens is 3. The Balaban J connectivity index is 2.13. The first kappa shape index (κ1) is 14.4. The molecule has 2 amide bonds. The topological polar surface area (TPSA) is 63.4 Å². The van der Waals surface area contributed by atoms with Crippen LogP contribution in [0.3, 0.4) is 0 Å². The van der Waals surface area contributed by atoms with E-state index in [1.165, 1.54) is 0 Å². The number of likely N-dealkylation sites (tertiary alicyclic amines) is 1. The van der Waals surface area contributed by atoms with Crippen molar-refractivity contribution in [3.63, 3.8) is 0 Å². The average molecular weight is 286 g/mol. The maximum absolute atomic E-state index is 13.5. The van der Waals surface area contributed by atoms with Gasteiger partial charge in [0.1, 0.15) is 23.8 Å². The lowest BCUT2D eigenvalue weighted by Gasteiger charge is -2.21. The Hall–Kier alpha value is -2.05. The molecule has 7 heteroatoms. The third-order valence-electron chi connectivity index (χ3n) is 3.26. The molecule has 0 aliphatic carbocycles. The van der Waals surface area contributed by atoms with Gasteiger partial charge < -0.3 is 10.6 Å². The molecule has 1 saturated heterocycles. The molecular formula is C13H13F3N2O2.